The molecule has 1 rings (SSSR count). The highest BCUT2D eigenvalue weighted by atomic mass is 16.1. The molecule has 0 N–H and O–H groups in total. The molecule has 0 aromatic heterocycles. The van der Waals surface area contributed by atoms with Crippen molar-refractivity contribution in [2.75, 3.05) is 18.0 Å². The van der Waals surface area contributed by atoms with Crippen molar-refractivity contribution in [3.8, 4) is 0 Å². The highest BCUT2D eigenvalue weighted by Crippen LogP contribution is 2.22. The molecule has 92 valence electrons. The van der Waals surface area contributed by atoms with Crippen LogP contribution in [0.5, 0.6) is 0 Å². The van der Waals surface area contributed by atoms with Gasteiger partial charge in [-0.15, -0.1) is 0 Å². The summed E-state index contributed by atoms with van der Waals surface area (Å²) in [5.41, 5.74) is 2.94. The van der Waals surface area contributed by atoms with Crippen LogP contribution >= 0.6 is 0 Å². The molecule has 0 aliphatic rings. The van der Waals surface area contributed by atoms with Gasteiger partial charge in [0.1, 0.15) is 0 Å². The number of anilines is 1. The lowest BCUT2D eigenvalue weighted by Crippen LogP contribution is -2.26. The molecule has 0 spiro atoms. The summed E-state index contributed by atoms with van der Waals surface area (Å²) in [7, 11) is 0. The summed E-state index contributed by atoms with van der Waals surface area (Å²) in [6.07, 6.45) is 0.543. The van der Waals surface area contributed by atoms with Crippen LogP contribution in [0.1, 0.15) is 37.6 Å². The van der Waals surface area contributed by atoms with Crippen molar-refractivity contribution in [3.05, 3.63) is 42.0 Å². The number of hydrogen-bond donors (Lipinski definition) is 0. The normalized spacial score (nSPS) is 10.1. The van der Waals surface area contributed by atoms with Crippen molar-refractivity contribution >= 4 is 11.5 Å². The van der Waals surface area contributed by atoms with Gasteiger partial charge in [0.05, 0.1) is 0 Å². The first-order valence-electron chi connectivity index (χ1n) is 6.11. The molecule has 17 heavy (non-hydrogen) atoms. The molecule has 1 aromatic carbocycles. The van der Waals surface area contributed by atoms with Crippen LogP contribution in [0.3, 0.4) is 0 Å². The fraction of sp³-hybridized carbons (Fsp3) is 0.400. The molecule has 0 saturated heterocycles. The number of likely N-dealkylation sites (N-methyl/N-ethyl adjacent to an activating group) is 1. The maximum absolute atomic E-state index is 11.9. The van der Waals surface area contributed by atoms with Crippen molar-refractivity contribution in [1.82, 2.24) is 0 Å². The Labute approximate surface area is 104 Å². The van der Waals surface area contributed by atoms with Crippen molar-refractivity contribution in [2.24, 2.45) is 0 Å². The monoisotopic (exact) mass is 231 g/mol. The average Bonchev–Trinajstić information content (AvgIpc) is 2.34. The van der Waals surface area contributed by atoms with E-state index in [0.29, 0.717) is 6.42 Å². The van der Waals surface area contributed by atoms with Gasteiger partial charge in [0.2, 0.25) is 0 Å². The molecule has 0 amide bonds. The third-order valence-electron chi connectivity index (χ3n) is 2.71. The van der Waals surface area contributed by atoms with E-state index in [2.05, 4.69) is 18.4 Å². The zero-order chi connectivity index (χ0) is 12.8. The largest absolute Gasteiger partial charge is 0.367 e. The standard InChI is InChI=1S/C15H21NO/c1-5-15(17)13-9-7-8-10-14(13)16(6-2)11-12(3)4/h7-10H,3,5-6,11H2,1-2,4H3. The quantitative estimate of drug-likeness (QED) is 0.550. The highest BCUT2D eigenvalue weighted by molar-refractivity contribution is 6.01. The Kier molecular flexibility index (Phi) is 4.95. The van der Waals surface area contributed by atoms with E-state index in [4.69, 9.17) is 0 Å². The van der Waals surface area contributed by atoms with Crippen molar-refractivity contribution < 1.29 is 4.79 Å². The van der Waals surface area contributed by atoms with Crippen molar-refractivity contribution in [1.29, 1.82) is 0 Å². The van der Waals surface area contributed by atoms with Gasteiger partial charge in [-0.1, -0.05) is 31.2 Å². The summed E-state index contributed by atoms with van der Waals surface area (Å²) >= 11 is 0. The summed E-state index contributed by atoms with van der Waals surface area (Å²) < 4.78 is 0. The molecular formula is C15H21NO. The lowest BCUT2D eigenvalue weighted by Gasteiger charge is -2.25. The Morgan fingerprint density at radius 1 is 1.29 bits per heavy atom. The van der Waals surface area contributed by atoms with Gasteiger partial charge < -0.3 is 4.90 Å². The van der Waals surface area contributed by atoms with Crippen LogP contribution in [0, 0.1) is 0 Å². The average molecular weight is 231 g/mol. The molecule has 0 saturated carbocycles. The highest BCUT2D eigenvalue weighted by Gasteiger charge is 2.13. The predicted octanol–water partition coefficient (Wildman–Crippen LogP) is 3.68. The smallest absolute Gasteiger partial charge is 0.164 e. The van der Waals surface area contributed by atoms with Crippen LogP contribution in [0.25, 0.3) is 0 Å². The maximum Gasteiger partial charge on any atom is 0.164 e. The van der Waals surface area contributed by atoms with Gasteiger partial charge in [0.15, 0.2) is 5.78 Å². The summed E-state index contributed by atoms with van der Waals surface area (Å²) in [6.45, 7) is 11.6. The predicted molar refractivity (Wildman–Crippen MR) is 73.8 cm³/mol. The number of benzene rings is 1. The van der Waals surface area contributed by atoms with E-state index in [-0.39, 0.29) is 5.78 Å². The zero-order valence-electron chi connectivity index (χ0n) is 11.0. The van der Waals surface area contributed by atoms with E-state index in [0.717, 1.165) is 29.9 Å². The molecule has 1 aromatic rings. The zero-order valence-corrected chi connectivity index (χ0v) is 11.0. The Hall–Kier alpha value is -1.57. The molecule has 0 aliphatic heterocycles. The van der Waals surface area contributed by atoms with E-state index in [1.165, 1.54) is 0 Å². The Bertz CT molecular complexity index is 409. The van der Waals surface area contributed by atoms with Crippen LogP contribution in [-0.2, 0) is 0 Å². The summed E-state index contributed by atoms with van der Waals surface area (Å²) in [4.78, 5) is 14.1. The number of Topliss-reactive ketones (excluding diaryl/α,β-unsaturated/α-hetero) is 1. The van der Waals surface area contributed by atoms with Crippen molar-refractivity contribution in [2.45, 2.75) is 27.2 Å². The van der Waals surface area contributed by atoms with Crippen LogP contribution in [-0.4, -0.2) is 18.9 Å². The number of hydrogen-bond acceptors (Lipinski definition) is 2. The van der Waals surface area contributed by atoms with Crippen LogP contribution in [0.2, 0.25) is 0 Å². The fourth-order valence-corrected chi connectivity index (χ4v) is 1.87. The van der Waals surface area contributed by atoms with E-state index in [1.54, 1.807) is 0 Å². The minimum Gasteiger partial charge on any atom is -0.367 e. The molecule has 0 heterocycles. The van der Waals surface area contributed by atoms with Crippen LogP contribution in [0.4, 0.5) is 5.69 Å². The first-order chi connectivity index (χ1) is 8.10. The number of para-hydroxylation sites is 1. The topological polar surface area (TPSA) is 20.3 Å². The summed E-state index contributed by atoms with van der Waals surface area (Å²) in [6, 6.07) is 7.81. The molecule has 0 aliphatic carbocycles. The second-order valence-corrected chi connectivity index (χ2v) is 4.27. The lowest BCUT2D eigenvalue weighted by atomic mass is 10.1. The molecule has 2 nitrogen and oxygen atoms in total. The van der Waals surface area contributed by atoms with Gasteiger partial charge >= 0.3 is 0 Å². The van der Waals surface area contributed by atoms with Gasteiger partial charge in [-0.3, -0.25) is 4.79 Å². The number of carbonyl (C=O) groups is 1. The maximum atomic E-state index is 11.9. The Balaban J connectivity index is 3.09. The third kappa shape index (κ3) is 3.45. The van der Waals surface area contributed by atoms with Crippen LogP contribution in [0.15, 0.2) is 36.4 Å². The van der Waals surface area contributed by atoms with Gasteiger partial charge in [-0.2, -0.15) is 0 Å². The number of carbonyl (C=O) groups excluding carboxylic acids is 1. The number of nitrogens with zero attached hydrogens (tertiary/aromatic N) is 1. The van der Waals surface area contributed by atoms with E-state index in [9.17, 15) is 4.79 Å². The Morgan fingerprint density at radius 3 is 2.47 bits per heavy atom. The molecule has 0 fully saturated rings. The fourth-order valence-electron chi connectivity index (χ4n) is 1.87. The minimum absolute atomic E-state index is 0.195. The number of rotatable bonds is 6. The Morgan fingerprint density at radius 2 is 1.94 bits per heavy atom. The van der Waals surface area contributed by atoms with Crippen molar-refractivity contribution in [3.63, 3.8) is 0 Å². The number of ketones is 1. The third-order valence-corrected chi connectivity index (χ3v) is 2.71. The molecule has 2 heteroatoms. The SMILES string of the molecule is C=C(C)CN(CC)c1ccccc1C(=O)CC. The molecule has 0 atom stereocenters. The van der Waals surface area contributed by atoms with E-state index >= 15 is 0 Å². The summed E-state index contributed by atoms with van der Waals surface area (Å²) in [5.74, 6) is 0.195. The molecule has 0 radical (unpaired) electrons. The first kappa shape index (κ1) is 13.5. The second kappa shape index (κ2) is 6.24. The molecule has 0 bridgehead atoms. The van der Waals surface area contributed by atoms with Crippen LogP contribution < -0.4 is 4.90 Å². The van der Waals surface area contributed by atoms with Gasteiger partial charge in [-0.05, 0) is 26.0 Å². The first-order valence-corrected chi connectivity index (χ1v) is 6.11. The van der Waals surface area contributed by atoms with E-state index < -0.39 is 0 Å². The summed E-state index contributed by atoms with van der Waals surface area (Å²) in [5, 5.41) is 0. The second-order valence-electron chi connectivity index (χ2n) is 4.27. The minimum atomic E-state index is 0.195. The van der Waals surface area contributed by atoms with Gasteiger partial charge in [0.25, 0.3) is 0 Å². The van der Waals surface area contributed by atoms with E-state index in [1.807, 2.05) is 38.1 Å². The molecular weight excluding hydrogens is 210 g/mol. The van der Waals surface area contributed by atoms with Gasteiger partial charge in [-0.25, -0.2) is 0 Å². The van der Waals surface area contributed by atoms with Gasteiger partial charge in [0, 0.05) is 30.8 Å². The molecule has 0 unspecified atom stereocenters. The lowest BCUT2D eigenvalue weighted by molar-refractivity contribution is 0.0988.